The van der Waals surface area contributed by atoms with E-state index in [-0.39, 0.29) is 11.6 Å². The van der Waals surface area contributed by atoms with E-state index >= 15 is 0 Å². The highest BCUT2D eigenvalue weighted by Crippen LogP contribution is 2.22. The Morgan fingerprint density at radius 2 is 2.09 bits per heavy atom. The lowest BCUT2D eigenvalue weighted by Gasteiger charge is -2.25. The minimum Gasteiger partial charge on any atom is -0.378 e. The number of nitrogens with one attached hydrogen (secondary N) is 1. The maximum atomic E-state index is 12.3. The van der Waals surface area contributed by atoms with Gasteiger partial charge in [-0.15, -0.1) is 0 Å². The van der Waals surface area contributed by atoms with Crippen LogP contribution in [0.4, 0.5) is 11.6 Å². The van der Waals surface area contributed by atoms with Crippen molar-refractivity contribution in [2.75, 3.05) is 36.5 Å². The van der Waals surface area contributed by atoms with Crippen LogP contribution in [0.1, 0.15) is 16.1 Å². The maximum absolute atomic E-state index is 12.3. The molecule has 0 bridgehead atoms. The van der Waals surface area contributed by atoms with Gasteiger partial charge >= 0.3 is 0 Å². The van der Waals surface area contributed by atoms with Crippen molar-refractivity contribution in [2.45, 2.75) is 6.92 Å². The number of hydrogen-bond acceptors (Lipinski definition) is 5. The zero-order valence-corrected chi connectivity index (χ0v) is 12.9. The molecular formula is C15H16ClN3O3. The van der Waals surface area contributed by atoms with Crippen LogP contribution in [0, 0.1) is 6.92 Å². The van der Waals surface area contributed by atoms with Gasteiger partial charge in [0.2, 0.25) is 5.88 Å². The van der Waals surface area contributed by atoms with Gasteiger partial charge in [0.05, 0.1) is 13.2 Å². The zero-order chi connectivity index (χ0) is 15.5. The summed E-state index contributed by atoms with van der Waals surface area (Å²) in [6, 6.07) is 6.97. The number of aromatic nitrogens is 1. The lowest BCUT2D eigenvalue weighted by atomic mass is 10.2. The summed E-state index contributed by atoms with van der Waals surface area (Å²) < 4.78 is 10.5. The molecule has 116 valence electrons. The Morgan fingerprint density at radius 1 is 1.32 bits per heavy atom. The molecule has 0 spiro atoms. The van der Waals surface area contributed by atoms with Crippen molar-refractivity contribution in [3.63, 3.8) is 0 Å². The Balaban J connectivity index is 1.72. The first-order chi connectivity index (χ1) is 10.6. The van der Waals surface area contributed by atoms with Crippen LogP contribution in [0.2, 0.25) is 5.02 Å². The van der Waals surface area contributed by atoms with Crippen LogP contribution in [0.25, 0.3) is 0 Å². The van der Waals surface area contributed by atoms with Crippen LogP contribution in [0.5, 0.6) is 0 Å². The molecule has 1 N–H and O–H groups in total. The SMILES string of the molecule is Cc1ccc(Cl)cc1NC(=O)c1cc(N2CCOCC2)on1. The number of benzene rings is 1. The molecule has 0 atom stereocenters. The molecule has 2 aromatic rings. The summed E-state index contributed by atoms with van der Waals surface area (Å²) >= 11 is 5.95. The molecule has 1 aromatic heterocycles. The Morgan fingerprint density at radius 3 is 2.86 bits per heavy atom. The van der Waals surface area contributed by atoms with Gasteiger partial charge in [-0.05, 0) is 24.6 Å². The molecule has 1 saturated heterocycles. The molecule has 1 aliphatic heterocycles. The normalized spacial score (nSPS) is 14.9. The number of amides is 1. The van der Waals surface area contributed by atoms with E-state index in [2.05, 4.69) is 10.5 Å². The predicted octanol–water partition coefficient (Wildman–Crippen LogP) is 2.73. The monoisotopic (exact) mass is 321 g/mol. The molecule has 6 nitrogen and oxygen atoms in total. The number of halogens is 1. The van der Waals surface area contributed by atoms with Gasteiger partial charge in [0.15, 0.2) is 5.69 Å². The Hall–Kier alpha value is -2.05. The molecule has 0 saturated carbocycles. The Bertz CT molecular complexity index is 680. The number of aryl methyl sites for hydroxylation is 1. The number of nitrogens with zero attached hydrogens (tertiary/aromatic N) is 2. The Kier molecular flexibility index (Phi) is 4.31. The molecule has 1 aromatic carbocycles. The molecule has 1 aliphatic rings. The van der Waals surface area contributed by atoms with Crippen LogP contribution in [-0.4, -0.2) is 37.4 Å². The van der Waals surface area contributed by atoms with Gasteiger partial charge < -0.3 is 19.5 Å². The van der Waals surface area contributed by atoms with Crippen LogP contribution in [0.3, 0.4) is 0 Å². The van der Waals surface area contributed by atoms with Crippen molar-refractivity contribution >= 4 is 29.1 Å². The van der Waals surface area contributed by atoms with Crippen molar-refractivity contribution in [3.05, 3.63) is 40.5 Å². The van der Waals surface area contributed by atoms with E-state index in [1.54, 1.807) is 18.2 Å². The lowest BCUT2D eigenvalue weighted by Crippen LogP contribution is -2.35. The van der Waals surface area contributed by atoms with E-state index < -0.39 is 0 Å². The summed E-state index contributed by atoms with van der Waals surface area (Å²) in [7, 11) is 0. The summed E-state index contributed by atoms with van der Waals surface area (Å²) in [4.78, 5) is 14.3. The van der Waals surface area contributed by atoms with Gasteiger partial charge in [0.1, 0.15) is 0 Å². The topological polar surface area (TPSA) is 67.6 Å². The second kappa shape index (κ2) is 6.37. The second-order valence-electron chi connectivity index (χ2n) is 5.06. The van der Waals surface area contributed by atoms with Gasteiger partial charge in [0, 0.05) is 29.9 Å². The van der Waals surface area contributed by atoms with E-state index in [0.717, 1.165) is 18.7 Å². The third kappa shape index (κ3) is 3.23. The molecule has 7 heteroatoms. The van der Waals surface area contributed by atoms with Gasteiger partial charge in [-0.25, -0.2) is 0 Å². The number of hydrogen-bond donors (Lipinski definition) is 1. The summed E-state index contributed by atoms with van der Waals surface area (Å²) in [5.41, 5.74) is 1.82. The molecule has 0 radical (unpaired) electrons. The summed E-state index contributed by atoms with van der Waals surface area (Å²) in [6.07, 6.45) is 0. The Labute approximate surface area is 133 Å². The van der Waals surface area contributed by atoms with Crippen molar-refractivity contribution < 1.29 is 14.1 Å². The fourth-order valence-corrected chi connectivity index (χ4v) is 2.39. The van der Waals surface area contributed by atoms with Crippen LogP contribution >= 0.6 is 11.6 Å². The first kappa shape index (κ1) is 14.9. The number of carbonyl (C=O) groups excluding carboxylic acids is 1. The highest BCUT2D eigenvalue weighted by atomic mass is 35.5. The minimum atomic E-state index is -0.325. The van der Waals surface area contributed by atoms with Crippen LogP contribution in [0.15, 0.2) is 28.8 Å². The van der Waals surface area contributed by atoms with Gasteiger partial charge in [-0.3, -0.25) is 4.79 Å². The van der Waals surface area contributed by atoms with E-state index in [0.29, 0.717) is 29.8 Å². The fraction of sp³-hybridized carbons (Fsp3) is 0.333. The van der Waals surface area contributed by atoms with Crippen molar-refractivity contribution in [1.82, 2.24) is 5.16 Å². The van der Waals surface area contributed by atoms with Gasteiger partial charge in [-0.1, -0.05) is 22.8 Å². The quantitative estimate of drug-likeness (QED) is 0.941. The number of rotatable bonds is 3. The summed E-state index contributed by atoms with van der Waals surface area (Å²) in [6.45, 7) is 4.63. The largest absolute Gasteiger partial charge is 0.378 e. The molecule has 0 aliphatic carbocycles. The average Bonchev–Trinajstić information content (AvgIpc) is 3.02. The standard InChI is InChI=1S/C15H16ClN3O3/c1-10-2-3-11(16)8-12(10)17-15(20)13-9-14(22-18-13)19-4-6-21-7-5-19/h2-3,8-9H,4-7H2,1H3,(H,17,20). The lowest BCUT2D eigenvalue weighted by molar-refractivity contribution is 0.101. The molecule has 22 heavy (non-hydrogen) atoms. The van der Waals surface area contributed by atoms with E-state index in [4.69, 9.17) is 20.9 Å². The smallest absolute Gasteiger partial charge is 0.277 e. The van der Waals surface area contributed by atoms with Gasteiger partial charge in [-0.2, -0.15) is 0 Å². The number of morpholine rings is 1. The van der Waals surface area contributed by atoms with Crippen molar-refractivity contribution in [3.8, 4) is 0 Å². The number of carbonyl (C=O) groups is 1. The molecule has 0 unspecified atom stereocenters. The second-order valence-corrected chi connectivity index (χ2v) is 5.50. The highest BCUT2D eigenvalue weighted by molar-refractivity contribution is 6.31. The highest BCUT2D eigenvalue weighted by Gasteiger charge is 2.19. The molecule has 2 heterocycles. The minimum absolute atomic E-state index is 0.237. The third-order valence-electron chi connectivity index (χ3n) is 3.50. The molecule has 1 fully saturated rings. The van der Waals surface area contributed by atoms with Crippen molar-refractivity contribution in [2.24, 2.45) is 0 Å². The van der Waals surface area contributed by atoms with E-state index in [1.807, 2.05) is 17.9 Å². The van der Waals surface area contributed by atoms with E-state index in [9.17, 15) is 4.79 Å². The zero-order valence-electron chi connectivity index (χ0n) is 12.1. The summed E-state index contributed by atoms with van der Waals surface area (Å²) in [5, 5.41) is 7.20. The number of anilines is 2. The fourth-order valence-electron chi connectivity index (χ4n) is 2.22. The first-order valence-electron chi connectivity index (χ1n) is 7.00. The third-order valence-corrected chi connectivity index (χ3v) is 3.74. The predicted molar refractivity (Wildman–Crippen MR) is 83.7 cm³/mol. The van der Waals surface area contributed by atoms with Crippen LogP contribution in [-0.2, 0) is 4.74 Å². The molecule has 1 amide bonds. The summed E-state index contributed by atoms with van der Waals surface area (Å²) in [5.74, 6) is 0.255. The molecule has 3 rings (SSSR count). The van der Waals surface area contributed by atoms with Crippen molar-refractivity contribution in [1.29, 1.82) is 0 Å². The first-order valence-corrected chi connectivity index (χ1v) is 7.38. The number of ether oxygens (including phenoxy) is 1. The van der Waals surface area contributed by atoms with E-state index in [1.165, 1.54) is 0 Å². The average molecular weight is 322 g/mol. The van der Waals surface area contributed by atoms with Gasteiger partial charge in [0.25, 0.3) is 5.91 Å². The maximum Gasteiger partial charge on any atom is 0.277 e. The molecular weight excluding hydrogens is 306 g/mol. The van der Waals surface area contributed by atoms with Crippen LogP contribution < -0.4 is 10.2 Å².